The average Bonchev–Trinajstić information content (AvgIpc) is 3.27. The highest BCUT2D eigenvalue weighted by Crippen LogP contribution is 2.63. The van der Waals surface area contributed by atoms with Crippen molar-refractivity contribution in [3.8, 4) is 0 Å². The first-order valence-electron chi connectivity index (χ1n) is 7.43. The summed E-state index contributed by atoms with van der Waals surface area (Å²) in [6.45, 7) is -0.374. The number of nitrogens with two attached hydrogens (primary N) is 1. The number of carboxylic acid groups (broad SMARTS) is 1. The third kappa shape index (κ3) is 2.72. The van der Waals surface area contributed by atoms with Gasteiger partial charge in [0.25, 0.3) is 0 Å². The summed E-state index contributed by atoms with van der Waals surface area (Å²) >= 11 is 5.78. The number of benzene rings is 2. The van der Waals surface area contributed by atoms with Crippen molar-refractivity contribution in [2.24, 2.45) is 11.1 Å². The Bertz CT molecular complexity index is 932. The summed E-state index contributed by atoms with van der Waals surface area (Å²) in [5, 5.41) is 8.76. The van der Waals surface area contributed by atoms with Crippen LogP contribution in [0.1, 0.15) is 11.5 Å². The van der Waals surface area contributed by atoms with Crippen molar-refractivity contribution in [1.29, 1.82) is 0 Å². The molecule has 3 rings (SSSR count). The highest BCUT2D eigenvalue weighted by atomic mass is 35.5. The van der Waals surface area contributed by atoms with Gasteiger partial charge in [-0.1, -0.05) is 23.7 Å². The van der Waals surface area contributed by atoms with E-state index in [1.165, 1.54) is 42.5 Å². The monoisotopic (exact) mass is 383 g/mol. The topological polar surface area (TPSA) is 97.5 Å². The van der Waals surface area contributed by atoms with E-state index in [0.717, 1.165) is 6.07 Å². The summed E-state index contributed by atoms with van der Waals surface area (Å²) < 4.78 is 39.6. The Hall–Kier alpha value is -1.96. The number of sulfone groups is 1. The quantitative estimate of drug-likeness (QED) is 0.826. The van der Waals surface area contributed by atoms with Gasteiger partial charge in [-0.15, -0.1) is 0 Å². The lowest BCUT2D eigenvalue weighted by molar-refractivity contribution is -0.143. The molecule has 3 atom stereocenters. The first kappa shape index (κ1) is 17.8. The minimum absolute atomic E-state index is 0.0418. The molecule has 5 nitrogen and oxygen atoms in total. The number of hydrogen-bond acceptors (Lipinski definition) is 4. The van der Waals surface area contributed by atoms with Gasteiger partial charge in [0.1, 0.15) is 11.2 Å². The second kappa shape index (κ2) is 6.09. The first-order valence-corrected chi connectivity index (χ1v) is 9.36. The Morgan fingerprint density at radius 2 is 1.88 bits per heavy atom. The molecule has 0 radical (unpaired) electrons. The van der Waals surface area contributed by atoms with Gasteiger partial charge in [0.05, 0.1) is 10.1 Å². The molecule has 1 aliphatic carbocycles. The van der Waals surface area contributed by atoms with Gasteiger partial charge in [-0.2, -0.15) is 0 Å². The number of carboxylic acids is 1. The lowest BCUT2D eigenvalue weighted by Gasteiger charge is -2.10. The number of rotatable bonds is 5. The number of carbonyl (C=O) groups is 1. The SMILES string of the molecule is NC[C@]1(C(=O)O)[C@H](c2cccc(F)c2)[C@@H]1S(=O)(=O)c1ccc(Cl)cc1. The molecule has 2 aromatic carbocycles. The number of hydrogen-bond donors (Lipinski definition) is 2. The second-order valence-corrected chi connectivity index (χ2v) is 8.51. The normalized spacial score (nSPS) is 25.6. The molecule has 0 bridgehead atoms. The second-order valence-electron chi connectivity index (χ2n) is 6.00. The van der Waals surface area contributed by atoms with Crippen LogP contribution in [-0.4, -0.2) is 31.3 Å². The molecule has 3 N–H and O–H groups in total. The van der Waals surface area contributed by atoms with Crippen LogP contribution in [0.3, 0.4) is 0 Å². The molecule has 0 heterocycles. The van der Waals surface area contributed by atoms with Crippen molar-refractivity contribution in [2.45, 2.75) is 16.1 Å². The van der Waals surface area contributed by atoms with Crippen LogP contribution in [0.2, 0.25) is 5.02 Å². The lowest BCUT2D eigenvalue weighted by Crippen LogP contribution is -2.31. The minimum atomic E-state index is -4.00. The van der Waals surface area contributed by atoms with Crippen LogP contribution in [0.15, 0.2) is 53.4 Å². The largest absolute Gasteiger partial charge is 0.481 e. The van der Waals surface area contributed by atoms with Crippen LogP contribution < -0.4 is 5.73 Å². The third-order valence-corrected chi connectivity index (χ3v) is 7.22. The van der Waals surface area contributed by atoms with Gasteiger partial charge in [0, 0.05) is 17.5 Å². The predicted octanol–water partition coefficient (Wildman–Crippen LogP) is 2.45. The average molecular weight is 384 g/mol. The van der Waals surface area contributed by atoms with Crippen LogP contribution in [-0.2, 0) is 14.6 Å². The van der Waals surface area contributed by atoms with E-state index >= 15 is 0 Å². The van der Waals surface area contributed by atoms with E-state index in [9.17, 15) is 22.7 Å². The molecule has 132 valence electrons. The van der Waals surface area contributed by atoms with Crippen molar-refractivity contribution in [2.75, 3.05) is 6.54 Å². The Morgan fingerprint density at radius 1 is 1.24 bits per heavy atom. The van der Waals surface area contributed by atoms with Crippen LogP contribution in [0.5, 0.6) is 0 Å². The first-order chi connectivity index (χ1) is 11.7. The number of aliphatic carboxylic acids is 1. The smallest absolute Gasteiger partial charge is 0.312 e. The Kier molecular flexibility index (Phi) is 4.35. The fourth-order valence-corrected chi connectivity index (χ4v) is 5.90. The van der Waals surface area contributed by atoms with Crippen LogP contribution in [0.25, 0.3) is 0 Å². The summed E-state index contributed by atoms with van der Waals surface area (Å²) in [4.78, 5) is 11.8. The van der Waals surface area contributed by atoms with Crippen molar-refractivity contribution in [3.63, 3.8) is 0 Å². The van der Waals surface area contributed by atoms with Gasteiger partial charge in [-0.3, -0.25) is 4.79 Å². The molecule has 25 heavy (non-hydrogen) atoms. The number of halogens is 2. The summed E-state index contributed by atoms with van der Waals surface area (Å²) in [5.41, 5.74) is 4.28. The zero-order valence-electron chi connectivity index (χ0n) is 12.9. The van der Waals surface area contributed by atoms with Crippen molar-refractivity contribution in [1.82, 2.24) is 0 Å². The zero-order chi connectivity index (χ0) is 18.4. The van der Waals surface area contributed by atoms with E-state index in [1.54, 1.807) is 0 Å². The van der Waals surface area contributed by atoms with Gasteiger partial charge in [-0.25, -0.2) is 12.8 Å². The third-order valence-electron chi connectivity index (χ3n) is 4.68. The van der Waals surface area contributed by atoms with Crippen molar-refractivity contribution >= 4 is 27.4 Å². The van der Waals surface area contributed by atoms with Gasteiger partial charge in [0.15, 0.2) is 9.84 Å². The van der Waals surface area contributed by atoms with Gasteiger partial charge >= 0.3 is 5.97 Å². The minimum Gasteiger partial charge on any atom is -0.481 e. The van der Waals surface area contributed by atoms with Crippen molar-refractivity contribution in [3.05, 3.63) is 64.9 Å². The standard InChI is InChI=1S/C17H15ClFNO4S/c18-11-4-6-13(7-5-11)25(23,24)15-14(17(15,9-20)16(21)22)10-2-1-3-12(19)8-10/h1-8,14-15H,9,20H2,(H,21,22)/t14-,15+,17+/m1/s1. The molecule has 0 aliphatic heterocycles. The van der Waals surface area contributed by atoms with Gasteiger partial charge in [0.2, 0.25) is 0 Å². The molecule has 0 amide bonds. The van der Waals surface area contributed by atoms with Gasteiger partial charge < -0.3 is 10.8 Å². The molecule has 0 spiro atoms. The fraction of sp³-hybridized carbons (Fsp3) is 0.235. The van der Waals surface area contributed by atoms with E-state index in [0.29, 0.717) is 10.6 Å². The van der Waals surface area contributed by atoms with E-state index < -0.39 is 38.2 Å². The lowest BCUT2D eigenvalue weighted by atomic mass is 9.99. The molecule has 0 unspecified atom stereocenters. The maximum atomic E-state index is 13.6. The maximum Gasteiger partial charge on any atom is 0.312 e. The summed E-state index contributed by atoms with van der Waals surface area (Å²) in [7, 11) is -4.00. The molecular weight excluding hydrogens is 369 g/mol. The molecule has 0 aromatic heterocycles. The van der Waals surface area contributed by atoms with E-state index in [1.807, 2.05) is 0 Å². The zero-order valence-corrected chi connectivity index (χ0v) is 14.5. The molecular formula is C17H15ClFNO4S. The molecule has 1 fully saturated rings. The Balaban J connectivity index is 2.12. The highest BCUT2D eigenvalue weighted by Gasteiger charge is 2.75. The van der Waals surface area contributed by atoms with E-state index in [-0.39, 0.29) is 11.4 Å². The van der Waals surface area contributed by atoms with Crippen LogP contribution >= 0.6 is 11.6 Å². The molecule has 2 aromatic rings. The highest BCUT2D eigenvalue weighted by molar-refractivity contribution is 7.92. The van der Waals surface area contributed by atoms with Gasteiger partial charge in [-0.05, 0) is 42.0 Å². The molecule has 8 heteroatoms. The summed E-state index contributed by atoms with van der Waals surface area (Å²) in [6.07, 6.45) is 0. The van der Waals surface area contributed by atoms with Crippen LogP contribution in [0.4, 0.5) is 4.39 Å². The van der Waals surface area contributed by atoms with E-state index in [2.05, 4.69) is 0 Å². The predicted molar refractivity (Wildman–Crippen MR) is 90.7 cm³/mol. The van der Waals surface area contributed by atoms with E-state index in [4.69, 9.17) is 17.3 Å². The Morgan fingerprint density at radius 3 is 2.40 bits per heavy atom. The summed E-state index contributed by atoms with van der Waals surface area (Å²) in [6, 6.07) is 10.8. The molecule has 1 saturated carbocycles. The molecule has 0 saturated heterocycles. The fourth-order valence-electron chi connectivity index (χ4n) is 3.39. The van der Waals surface area contributed by atoms with Crippen molar-refractivity contribution < 1.29 is 22.7 Å². The maximum absolute atomic E-state index is 13.6. The summed E-state index contributed by atoms with van der Waals surface area (Å²) in [5.74, 6) is -2.80. The van der Waals surface area contributed by atoms with Crippen LogP contribution in [0, 0.1) is 11.2 Å². The Labute approximate surface area is 149 Å². The molecule has 1 aliphatic rings.